The average Bonchev–Trinajstić information content (AvgIpc) is 2.84. The van der Waals surface area contributed by atoms with E-state index in [-0.39, 0.29) is 11.6 Å². The Morgan fingerprint density at radius 2 is 1.94 bits per heavy atom. The number of urea groups is 1. The molecule has 2 amide bonds. The van der Waals surface area contributed by atoms with Gasteiger partial charge >= 0.3 is 6.03 Å². The van der Waals surface area contributed by atoms with Crippen LogP contribution in [-0.2, 0) is 5.54 Å². The van der Waals surface area contributed by atoms with Gasteiger partial charge in [-0.3, -0.25) is 4.90 Å². The molecular formula is C25H32N4O2. The van der Waals surface area contributed by atoms with Gasteiger partial charge in [0.25, 0.3) is 0 Å². The summed E-state index contributed by atoms with van der Waals surface area (Å²) in [5, 5.41) is 15.6. The summed E-state index contributed by atoms with van der Waals surface area (Å²) in [6.07, 6.45) is 5.47. The van der Waals surface area contributed by atoms with E-state index in [0.29, 0.717) is 29.5 Å². The molecule has 0 atom stereocenters. The Hall–Kier alpha value is -3.04. The van der Waals surface area contributed by atoms with Crippen molar-refractivity contribution in [2.45, 2.75) is 37.6 Å². The average molecular weight is 421 g/mol. The van der Waals surface area contributed by atoms with Crippen molar-refractivity contribution in [2.24, 2.45) is 5.92 Å². The van der Waals surface area contributed by atoms with Crippen LogP contribution in [0.1, 0.15) is 43.2 Å². The zero-order valence-corrected chi connectivity index (χ0v) is 18.6. The van der Waals surface area contributed by atoms with Crippen LogP contribution in [-0.4, -0.2) is 33.8 Å². The topological polar surface area (TPSA) is 77.4 Å². The first-order chi connectivity index (χ1) is 15.0. The monoisotopic (exact) mass is 420 g/mol. The van der Waals surface area contributed by atoms with Crippen molar-refractivity contribution in [3.63, 3.8) is 0 Å². The van der Waals surface area contributed by atoms with Gasteiger partial charge < -0.3 is 15.4 Å². The fraction of sp³-hybridized carbons (Fsp3) is 0.440. The Balaban J connectivity index is 1.50. The summed E-state index contributed by atoms with van der Waals surface area (Å²) >= 11 is 0. The van der Waals surface area contributed by atoms with Gasteiger partial charge in [-0.15, -0.1) is 0 Å². The lowest BCUT2D eigenvalue weighted by molar-refractivity contribution is 0.192. The Morgan fingerprint density at radius 3 is 2.55 bits per heavy atom. The lowest BCUT2D eigenvalue weighted by Crippen LogP contribution is -2.43. The molecule has 164 valence electrons. The van der Waals surface area contributed by atoms with Gasteiger partial charge in [0.05, 0.1) is 24.4 Å². The summed E-state index contributed by atoms with van der Waals surface area (Å²) in [6, 6.07) is 17.7. The number of nitrogens with zero attached hydrogens (tertiary/aromatic N) is 2. The minimum absolute atomic E-state index is 0.0629. The number of methoxy groups -OCH3 is 1. The summed E-state index contributed by atoms with van der Waals surface area (Å²) in [4.78, 5) is 14.2. The highest BCUT2D eigenvalue weighted by Crippen LogP contribution is 2.40. The van der Waals surface area contributed by atoms with E-state index >= 15 is 0 Å². The second-order valence-electron chi connectivity index (χ2n) is 8.22. The maximum Gasteiger partial charge on any atom is 0.321 e. The van der Waals surface area contributed by atoms with Gasteiger partial charge in [-0.05, 0) is 62.8 Å². The first-order valence-electron chi connectivity index (χ1n) is 10.9. The van der Waals surface area contributed by atoms with E-state index in [1.807, 2.05) is 0 Å². The van der Waals surface area contributed by atoms with Gasteiger partial charge in [0.1, 0.15) is 5.75 Å². The molecular weight excluding hydrogens is 388 g/mol. The number of ether oxygens (including phenoxy) is 1. The molecule has 0 aliphatic heterocycles. The number of nitriles is 1. The van der Waals surface area contributed by atoms with E-state index in [1.54, 1.807) is 25.2 Å². The second-order valence-corrected chi connectivity index (χ2v) is 8.22. The van der Waals surface area contributed by atoms with E-state index < -0.39 is 0 Å². The van der Waals surface area contributed by atoms with Crippen LogP contribution in [0.25, 0.3) is 0 Å². The summed E-state index contributed by atoms with van der Waals surface area (Å²) in [5.41, 5.74) is 2.56. The standard InChI is InChI=1S/C25H32N4O2/c1-27-25(21-7-5-4-6-8-21)14-11-19(12-15-25)13-16-28-24(30)29(2)22-10-9-20(18-26)17-23(22)31-3/h4-10,17,19,27H,11-16H2,1-3H3,(H,28,30)/t19-,25+. The Morgan fingerprint density at radius 1 is 1.23 bits per heavy atom. The maximum absolute atomic E-state index is 12.6. The Bertz CT molecular complexity index is 915. The molecule has 0 unspecified atom stereocenters. The van der Waals surface area contributed by atoms with Crippen LogP contribution in [0.3, 0.4) is 0 Å². The predicted octanol–water partition coefficient (Wildman–Crippen LogP) is 4.41. The summed E-state index contributed by atoms with van der Waals surface area (Å²) < 4.78 is 5.35. The normalized spacial score (nSPS) is 20.5. The molecule has 2 aromatic rings. The van der Waals surface area contributed by atoms with Crippen LogP contribution in [0.2, 0.25) is 0 Å². The second kappa shape index (κ2) is 10.3. The third-order valence-electron chi connectivity index (χ3n) is 6.57. The fourth-order valence-electron chi connectivity index (χ4n) is 4.53. The van der Waals surface area contributed by atoms with E-state index in [4.69, 9.17) is 10.00 Å². The number of rotatable bonds is 7. The van der Waals surface area contributed by atoms with Crippen molar-refractivity contribution in [3.05, 3.63) is 59.7 Å². The molecule has 0 aromatic heterocycles. The van der Waals surface area contributed by atoms with Crippen LogP contribution < -0.4 is 20.3 Å². The largest absolute Gasteiger partial charge is 0.495 e. The number of anilines is 1. The Kier molecular flexibility index (Phi) is 7.54. The number of amides is 2. The van der Waals surface area contributed by atoms with E-state index in [0.717, 1.165) is 32.1 Å². The molecule has 0 saturated heterocycles. The van der Waals surface area contributed by atoms with Gasteiger partial charge in [-0.1, -0.05) is 30.3 Å². The predicted molar refractivity (Wildman–Crippen MR) is 123 cm³/mol. The third kappa shape index (κ3) is 5.18. The van der Waals surface area contributed by atoms with E-state index in [2.05, 4.69) is 54.1 Å². The van der Waals surface area contributed by atoms with E-state index in [9.17, 15) is 4.79 Å². The number of carbonyl (C=O) groups is 1. The number of carbonyl (C=O) groups excluding carboxylic acids is 1. The molecule has 1 fully saturated rings. The molecule has 2 aromatic carbocycles. The molecule has 0 bridgehead atoms. The first kappa shape index (κ1) is 22.6. The molecule has 1 saturated carbocycles. The fourth-order valence-corrected chi connectivity index (χ4v) is 4.53. The van der Waals surface area contributed by atoms with Gasteiger partial charge in [0.15, 0.2) is 0 Å². The molecule has 6 heteroatoms. The highest BCUT2D eigenvalue weighted by atomic mass is 16.5. The van der Waals surface area contributed by atoms with Crippen LogP contribution in [0.4, 0.5) is 10.5 Å². The summed E-state index contributed by atoms with van der Waals surface area (Å²) in [6.45, 7) is 0.643. The quantitative estimate of drug-likeness (QED) is 0.696. The molecule has 0 spiro atoms. The van der Waals surface area contributed by atoms with Crippen molar-refractivity contribution in [3.8, 4) is 11.8 Å². The minimum atomic E-state index is -0.173. The van der Waals surface area contributed by atoms with Crippen molar-refractivity contribution >= 4 is 11.7 Å². The van der Waals surface area contributed by atoms with Gasteiger partial charge in [0, 0.05) is 25.2 Å². The lowest BCUT2D eigenvalue weighted by atomic mass is 9.72. The first-order valence-corrected chi connectivity index (χ1v) is 10.9. The SMILES string of the molecule is CN[C@]1(c2ccccc2)CC[C@H](CCNC(=O)N(C)c2ccc(C#N)cc2OC)CC1. The summed E-state index contributed by atoms with van der Waals surface area (Å²) in [5.74, 6) is 1.12. The number of benzene rings is 2. The smallest absolute Gasteiger partial charge is 0.321 e. The lowest BCUT2D eigenvalue weighted by Gasteiger charge is -2.41. The minimum Gasteiger partial charge on any atom is -0.495 e. The van der Waals surface area contributed by atoms with Crippen molar-refractivity contribution in [2.75, 3.05) is 32.6 Å². The van der Waals surface area contributed by atoms with Crippen molar-refractivity contribution in [1.29, 1.82) is 5.26 Å². The molecule has 3 rings (SSSR count). The number of nitrogens with one attached hydrogen (secondary N) is 2. The molecule has 1 aliphatic rings. The van der Waals surface area contributed by atoms with Crippen LogP contribution >= 0.6 is 0 Å². The highest BCUT2D eigenvalue weighted by Gasteiger charge is 2.35. The molecule has 1 aliphatic carbocycles. The maximum atomic E-state index is 12.6. The zero-order chi connectivity index (χ0) is 22.3. The molecule has 6 nitrogen and oxygen atoms in total. The highest BCUT2D eigenvalue weighted by molar-refractivity contribution is 5.93. The molecule has 2 N–H and O–H groups in total. The van der Waals surface area contributed by atoms with Crippen molar-refractivity contribution < 1.29 is 9.53 Å². The Labute approximate surface area is 185 Å². The third-order valence-corrected chi connectivity index (χ3v) is 6.57. The van der Waals surface area contributed by atoms with Gasteiger partial charge in [0.2, 0.25) is 0 Å². The van der Waals surface area contributed by atoms with Gasteiger partial charge in [-0.2, -0.15) is 5.26 Å². The number of hydrogen-bond donors (Lipinski definition) is 2. The molecule has 0 radical (unpaired) electrons. The van der Waals surface area contributed by atoms with Crippen LogP contribution in [0.5, 0.6) is 5.75 Å². The number of hydrogen-bond acceptors (Lipinski definition) is 4. The van der Waals surface area contributed by atoms with Gasteiger partial charge in [-0.25, -0.2) is 4.79 Å². The van der Waals surface area contributed by atoms with Crippen molar-refractivity contribution in [1.82, 2.24) is 10.6 Å². The molecule has 0 heterocycles. The van der Waals surface area contributed by atoms with Crippen LogP contribution in [0, 0.1) is 17.2 Å². The summed E-state index contributed by atoms with van der Waals surface area (Å²) in [7, 11) is 5.30. The zero-order valence-electron chi connectivity index (χ0n) is 18.6. The van der Waals surface area contributed by atoms with Crippen LogP contribution in [0.15, 0.2) is 48.5 Å². The molecule has 31 heavy (non-hydrogen) atoms. The van der Waals surface area contributed by atoms with E-state index in [1.165, 1.54) is 17.6 Å².